The smallest absolute Gasteiger partial charge is 0.145 e. The second kappa shape index (κ2) is 9.93. The van der Waals surface area contributed by atoms with Crippen LogP contribution in [0.15, 0.2) is 110 Å². The summed E-state index contributed by atoms with van der Waals surface area (Å²) in [4.78, 5) is 13.2. The zero-order valence-corrected chi connectivity index (χ0v) is 21.4. The van der Waals surface area contributed by atoms with Gasteiger partial charge in [-0.25, -0.2) is 4.98 Å². The molecular weight excluding hydrogens is 466 g/mol. The molecule has 0 atom stereocenters. The van der Waals surface area contributed by atoms with Crippen molar-refractivity contribution in [3.05, 3.63) is 121 Å². The number of piperazine rings is 1. The van der Waals surface area contributed by atoms with E-state index in [-0.39, 0.29) is 0 Å². The van der Waals surface area contributed by atoms with Crippen LogP contribution in [-0.4, -0.2) is 50.5 Å². The van der Waals surface area contributed by atoms with E-state index in [1.165, 1.54) is 33.0 Å². The number of nitrogens with one attached hydrogen (secondary N) is 1. The molecule has 0 spiro atoms. The summed E-state index contributed by atoms with van der Waals surface area (Å²) >= 11 is 0. The Morgan fingerprint density at radius 3 is 2.21 bits per heavy atom. The van der Waals surface area contributed by atoms with Crippen LogP contribution in [0.2, 0.25) is 0 Å². The number of hydrogen-bond acceptors (Lipinski definition) is 3. The van der Waals surface area contributed by atoms with E-state index in [1.807, 2.05) is 18.5 Å². The number of rotatable bonds is 6. The Morgan fingerprint density at radius 1 is 0.711 bits per heavy atom. The molecule has 0 bridgehead atoms. The molecule has 1 aliphatic rings. The lowest BCUT2D eigenvalue weighted by molar-refractivity contribution is 0.122. The normalized spacial score (nSPS) is 14.9. The summed E-state index contributed by atoms with van der Waals surface area (Å²) in [6, 6.07) is 32.7. The highest BCUT2D eigenvalue weighted by Gasteiger charge is 2.18. The molecule has 0 amide bonds. The maximum absolute atomic E-state index is 4.75. The van der Waals surface area contributed by atoms with Gasteiger partial charge in [-0.15, -0.1) is 0 Å². The molecule has 1 saturated heterocycles. The Bertz CT molecular complexity index is 1670. The highest BCUT2D eigenvalue weighted by Crippen LogP contribution is 2.33. The van der Waals surface area contributed by atoms with Crippen molar-refractivity contribution in [2.45, 2.75) is 13.1 Å². The summed E-state index contributed by atoms with van der Waals surface area (Å²) in [5, 5.41) is 2.39. The lowest BCUT2D eigenvalue weighted by Gasteiger charge is -2.34. The first-order valence-corrected chi connectivity index (χ1v) is 13.4. The number of H-pyrrole nitrogens is 1. The van der Waals surface area contributed by atoms with E-state index >= 15 is 0 Å². The first kappa shape index (κ1) is 23.0. The summed E-state index contributed by atoms with van der Waals surface area (Å²) in [6.07, 6.45) is 6.10. The van der Waals surface area contributed by atoms with Crippen LogP contribution >= 0.6 is 0 Å². The van der Waals surface area contributed by atoms with Crippen molar-refractivity contribution in [3.8, 4) is 16.8 Å². The summed E-state index contributed by atoms with van der Waals surface area (Å²) in [6.45, 7) is 6.48. The standard InChI is InChI=1S/C33H31N5/c1-2-5-25(6-3-1)22-36-17-19-37(20-18-36)23-26-8-11-29(12-9-26)38-24-31(30-7-4-15-35-33(30)38)27-10-13-32-28(21-27)14-16-34-32/h1-16,21,24,34H,17-20,22-23H2. The van der Waals surface area contributed by atoms with Crippen LogP contribution in [0.5, 0.6) is 0 Å². The van der Waals surface area contributed by atoms with Crippen molar-refractivity contribution in [1.82, 2.24) is 24.3 Å². The Morgan fingerprint density at radius 2 is 1.45 bits per heavy atom. The molecule has 3 aromatic carbocycles. The van der Waals surface area contributed by atoms with Crippen LogP contribution in [0.25, 0.3) is 38.8 Å². The highest BCUT2D eigenvalue weighted by molar-refractivity contribution is 5.97. The molecule has 0 saturated carbocycles. The lowest BCUT2D eigenvalue weighted by Crippen LogP contribution is -2.45. The van der Waals surface area contributed by atoms with Crippen molar-refractivity contribution in [2.75, 3.05) is 26.2 Å². The topological polar surface area (TPSA) is 40.1 Å². The fraction of sp³-hybridized carbons (Fsp3) is 0.182. The minimum Gasteiger partial charge on any atom is -0.361 e. The summed E-state index contributed by atoms with van der Waals surface area (Å²) in [5.74, 6) is 0. The van der Waals surface area contributed by atoms with Gasteiger partial charge < -0.3 is 9.55 Å². The van der Waals surface area contributed by atoms with Gasteiger partial charge in [-0.1, -0.05) is 48.5 Å². The third-order valence-electron chi connectivity index (χ3n) is 7.76. The molecule has 5 heteroatoms. The van der Waals surface area contributed by atoms with Crippen molar-refractivity contribution >= 4 is 21.9 Å². The molecule has 1 N–H and O–H groups in total. The van der Waals surface area contributed by atoms with E-state index in [9.17, 15) is 0 Å². The zero-order chi connectivity index (χ0) is 25.3. The first-order valence-electron chi connectivity index (χ1n) is 13.4. The SMILES string of the molecule is c1ccc(CN2CCN(Cc3ccc(-n4cc(-c5ccc6[nH]ccc6c5)c5cccnc54)cc3)CC2)cc1. The van der Waals surface area contributed by atoms with Gasteiger partial charge in [0.1, 0.15) is 5.65 Å². The molecule has 188 valence electrons. The highest BCUT2D eigenvalue weighted by atomic mass is 15.3. The quantitative estimate of drug-likeness (QED) is 0.286. The fourth-order valence-corrected chi connectivity index (χ4v) is 5.67. The molecule has 6 aromatic rings. The van der Waals surface area contributed by atoms with Gasteiger partial charge in [0, 0.05) is 80.0 Å². The number of benzene rings is 3. The lowest BCUT2D eigenvalue weighted by atomic mass is 10.0. The molecule has 5 nitrogen and oxygen atoms in total. The van der Waals surface area contributed by atoms with Crippen molar-refractivity contribution in [3.63, 3.8) is 0 Å². The van der Waals surface area contributed by atoms with Crippen LogP contribution in [0, 0.1) is 0 Å². The summed E-state index contributed by atoms with van der Waals surface area (Å²) < 4.78 is 2.22. The Labute approximate surface area is 223 Å². The molecule has 1 aliphatic heterocycles. The van der Waals surface area contributed by atoms with Gasteiger partial charge >= 0.3 is 0 Å². The molecule has 0 unspecified atom stereocenters. The van der Waals surface area contributed by atoms with Crippen LogP contribution in [0.4, 0.5) is 0 Å². The number of fused-ring (bicyclic) bond motifs is 2. The van der Waals surface area contributed by atoms with Crippen molar-refractivity contribution in [2.24, 2.45) is 0 Å². The predicted octanol–water partition coefficient (Wildman–Crippen LogP) is 6.49. The van der Waals surface area contributed by atoms with Gasteiger partial charge in [-0.3, -0.25) is 9.80 Å². The molecule has 4 heterocycles. The number of nitrogens with zero attached hydrogens (tertiary/aromatic N) is 4. The number of pyridine rings is 1. The van der Waals surface area contributed by atoms with Gasteiger partial charge in [0.15, 0.2) is 0 Å². The molecular formula is C33H31N5. The largest absolute Gasteiger partial charge is 0.361 e. The minimum absolute atomic E-state index is 0.985. The molecule has 3 aromatic heterocycles. The Balaban J connectivity index is 1.08. The third-order valence-corrected chi connectivity index (χ3v) is 7.76. The second-order valence-corrected chi connectivity index (χ2v) is 10.3. The number of hydrogen-bond donors (Lipinski definition) is 1. The Hall–Kier alpha value is -4.19. The van der Waals surface area contributed by atoms with Crippen LogP contribution in [0.3, 0.4) is 0 Å². The number of aromatic amines is 1. The molecule has 1 fully saturated rings. The third kappa shape index (κ3) is 4.51. The van der Waals surface area contributed by atoms with Crippen LogP contribution in [0.1, 0.15) is 11.1 Å². The Kier molecular flexibility index (Phi) is 6.00. The molecule has 0 aliphatic carbocycles. The maximum atomic E-state index is 4.75. The fourth-order valence-electron chi connectivity index (χ4n) is 5.67. The van der Waals surface area contributed by atoms with E-state index in [2.05, 4.69) is 110 Å². The minimum atomic E-state index is 0.985. The van der Waals surface area contributed by atoms with Gasteiger partial charge in [0.05, 0.1) is 0 Å². The first-order chi connectivity index (χ1) is 18.8. The zero-order valence-electron chi connectivity index (χ0n) is 21.4. The van der Waals surface area contributed by atoms with Crippen LogP contribution in [-0.2, 0) is 13.1 Å². The van der Waals surface area contributed by atoms with E-state index in [0.29, 0.717) is 0 Å². The summed E-state index contributed by atoms with van der Waals surface area (Å²) in [7, 11) is 0. The van der Waals surface area contributed by atoms with E-state index in [1.54, 1.807) is 0 Å². The van der Waals surface area contributed by atoms with Crippen molar-refractivity contribution in [1.29, 1.82) is 0 Å². The monoisotopic (exact) mass is 497 g/mol. The average molecular weight is 498 g/mol. The molecule has 0 radical (unpaired) electrons. The van der Waals surface area contributed by atoms with E-state index < -0.39 is 0 Å². The second-order valence-electron chi connectivity index (χ2n) is 10.3. The average Bonchev–Trinajstić information content (AvgIpc) is 3.60. The maximum Gasteiger partial charge on any atom is 0.145 e. The summed E-state index contributed by atoms with van der Waals surface area (Å²) in [5.41, 5.74) is 8.44. The van der Waals surface area contributed by atoms with E-state index in [0.717, 1.165) is 56.1 Å². The van der Waals surface area contributed by atoms with Gasteiger partial charge in [-0.2, -0.15) is 0 Å². The molecule has 7 rings (SSSR count). The van der Waals surface area contributed by atoms with Gasteiger partial charge in [0.2, 0.25) is 0 Å². The molecule has 38 heavy (non-hydrogen) atoms. The predicted molar refractivity (Wildman–Crippen MR) is 155 cm³/mol. The van der Waals surface area contributed by atoms with E-state index in [4.69, 9.17) is 4.98 Å². The van der Waals surface area contributed by atoms with Crippen LogP contribution < -0.4 is 0 Å². The van der Waals surface area contributed by atoms with Gasteiger partial charge in [-0.05, 0) is 64.5 Å². The van der Waals surface area contributed by atoms with Crippen molar-refractivity contribution < 1.29 is 0 Å². The van der Waals surface area contributed by atoms with Gasteiger partial charge in [0.25, 0.3) is 0 Å². The number of aromatic nitrogens is 3.